The van der Waals surface area contributed by atoms with E-state index in [-0.39, 0.29) is 5.88 Å². The number of pyridine rings is 1. The highest BCUT2D eigenvalue weighted by Crippen LogP contribution is 2.33. The van der Waals surface area contributed by atoms with E-state index in [1.807, 2.05) is 19.1 Å². The zero-order chi connectivity index (χ0) is 18.0. The van der Waals surface area contributed by atoms with Gasteiger partial charge in [-0.25, -0.2) is 0 Å². The highest BCUT2D eigenvalue weighted by atomic mass is 19.4. The Morgan fingerprint density at radius 1 is 1.12 bits per heavy atom. The lowest BCUT2D eigenvalue weighted by Crippen LogP contribution is -2.19. The fourth-order valence-corrected chi connectivity index (χ4v) is 2.26. The number of alkyl halides is 3. The summed E-state index contributed by atoms with van der Waals surface area (Å²) in [7, 11) is 0. The predicted molar refractivity (Wildman–Crippen MR) is 83.9 cm³/mol. The molecule has 8 heteroatoms. The van der Waals surface area contributed by atoms with Crippen LogP contribution in [0.1, 0.15) is 21.5 Å². The molecule has 25 heavy (non-hydrogen) atoms. The Bertz CT molecular complexity index is 902. The van der Waals surface area contributed by atoms with Gasteiger partial charge in [-0.3, -0.25) is 15.1 Å². The van der Waals surface area contributed by atoms with Crippen molar-refractivity contribution in [1.82, 2.24) is 10.1 Å². The average Bonchev–Trinajstić information content (AvgIpc) is 3.03. The molecule has 0 spiro atoms. The zero-order valence-corrected chi connectivity index (χ0v) is 13.0. The SMILES string of the molecule is Cc1ccc(-c2cnoc2NC(=O)c2cnccc2C(F)(F)F)cc1. The molecule has 2 heterocycles. The number of carbonyl (C=O) groups excluding carboxylic acids is 1. The molecule has 1 aromatic carbocycles. The van der Waals surface area contributed by atoms with E-state index in [9.17, 15) is 18.0 Å². The molecule has 3 aromatic rings. The Morgan fingerprint density at radius 2 is 1.84 bits per heavy atom. The van der Waals surface area contributed by atoms with Crippen molar-refractivity contribution in [3.8, 4) is 11.1 Å². The fraction of sp³-hybridized carbons (Fsp3) is 0.118. The molecule has 0 saturated heterocycles. The first-order valence-corrected chi connectivity index (χ1v) is 7.20. The maximum absolute atomic E-state index is 13.0. The van der Waals surface area contributed by atoms with Gasteiger partial charge in [-0.05, 0) is 18.6 Å². The third-order valence-corrected chi connectivity index (χ3v) is 3.53. The molecule has 0 unspecified atom stereocenters. The number of aryl methyl sites for hydroxylation is 1. The number of amides is 1. The van der Waals surface area contributed by atoms with E-state index in [0.717, 1.165) is 24.0 Å². The lowest BCUT2D eigenvalue weighted by atomic mass is 10.1. The minimum absolute atomic E-state index is 0.0363. The molecule has 3 rings (SSSR count). The molecule has 0 aliphatic carbocycles. The van der Waals surface area contributed by atoms with Gasteiger partial charge >= 0.3 is 6.18 Å². The van der Waals surface area contributed by atoms with Crippen LogP contribution < -0.4 is 5.32 Å². The summed E-state index contributed by atoms with van der Waals surface area (Å²) in [4.78, 5) is 15.9. The van der Waals surface area contributed by atoms with Gasteiger partial charge in [0.15, 0.2) is 0 Å². The molecule has 1 amide bonds. The van der Waals surface area contributed by atoms with Gasteiger partial charge in [0.2, 0.25) is 5.88 Å². The molecule has 0 aliphatic rings. The van der Waals surface area contributed by atoms with Crippen molar-refractivity contribution in [3.63, 3.8) is 0 Å². The zero-order valence-electron chi connectivity index (χ0n) is 13.0. The Kier molecular flexibility index (Phi) is 4.26. The van der Waals surface area contributed by atoms with Gasteiger partial charge in [0.05, 0.1) is 22.9 Å². The molecule has 0 fully saturated rings. The normalized spacial score (nSPS) is 11.4. The van der Waals surface area contributed by atoms with Gasteiger partial charge in [-0.2, -0.15) is 13.2 Å². The van der Waals surface area contributed by atoms with Crippen LogP contribution >= 0.6 is 0 Å². The van der Waals surface area contributed by atoms with Crippen molar-refractivity contribution < 1.29 is 22.5 Å². The van der Waals surface area contributed by atoms with Crippen LogP contribution in [0.4, 0.5) is 19.1 Å². The van der Waals surface area contributed by atoms with Crippen molar-refractivity contribution in [2.24, 2.45) is 0 Å². The third-order valence-electron chi connectivity index (χ3n) is 3.53. The first kappa shape index (κ1) is 16.7. The summed E-state index contributed by atoms with van der Waals surface area (Å²) in [5.41, 5.74) is 0.545. The highest BCUT2D eigenvalue weighted by molar-refractivity contribution is 6.06. The van der Waals surface area contributed by atoms with Crippen LogP contribution in [-0.4, -0.2) is 16.0 Å². The summed E-state index contributed by atoms with van der Waals surface area (Å²) in [6.07, 6.45) is -1.45. The van der Waals surface area contributed by atoms with Crippen molar-refractivity contribution in [1.29, 1.82) is 0 Å². The van der Waals surface area contributed by atoms with Gasteiger partial charge in [-0.1, -0.05) is 35.0 Å². The van der Waals surface area contributed by atoms with Crippen LogP contribution in [0.2, 0.25) is 0 Å². The Labute approximate surface area is 140 Å². The highest BCUT2D eigenvalue weighted by Gasteiger charge is 2.35. The van der Waals surface area contributed by atoms with E-state index >= 15 is 0 Å². The topological polar surface area (TPSA) is 68.0 Å². The number of aromatic nitrogens is 2. The number of halogens is 3. The maximum atomic E-state index is 13.0. The van der Waals surface area contributed by atoms with Crippen LogP contribution in [0.15, 0.2) is 53.4 Å². The summed E-state index contributed by atoms with van der Waals surface area (Å²) in [6, 6.07) is 8.05. The number of hydrogen-bond acceptors (Lipinski definition) is 4. The number of hydrogen-bond donors (Lipinski definition) is 1. The third kappa shape index (κ3) is 3.52. The quantitative estimate of drug-likeness (QED) is 0.766. The number of benzene rings is 1. The molecule has 0 saturated carbocycles. The molecule has 5 nitrogen and oxygen atoms in total. The maximum Gasteiger partial charge on any atom is 0.417 e. The largest absolute Gasteiger partial charge is 0.417 e. The van der Waals surface area contributed by atoms with Crippen LogP contribution in [0.5, 0.6) is 0 Å². The van der Waals surface area contributed by atoms with Crippen LogP contribution in [0.25, 0.3) is 11.1 Å². The van der Waals surface area contributed by atoms with E-state index in [1.54, 1.807) is 12.1 Å². The summed E-state index contributed by atoms with van der Waals surface area (Å²) >= 11 is 0. The van der Waals surface area contributed by atoms with Crippen molar-refractivity contribution in [2.45, 2.75) is 13.1 Å². The van der Waals surface area contributed by atoms with Crippen molar-refractivity contribution in [3.05, 3.63) is 65.6 Å². The van der Waals surface area contributed by atoms with E-state index in [2.05, 4.69) is 15.5 Å². The second-order valence-corrected chi connectivity index (χ2v) is 5.31. The molecule has 0 aliphatic heterocycles. The molecule has 0 bridgehead atoms. The molecule has 128 valence electrons. The minimum atomic E-state index is -4.67. The number of nitrogens with zero attached hydrogens (tertiary/aromatic N) is 2. The second-order valence-electron chi connectivity index (χ2n) is 5.31. The fourth-order valence-electron chi connectivity index (χ4n) is 2.26. The number of carbonyl (C=O) groups is 1. The standard InChI is InChI=1S/C17H12F3N3O2/c1-10-2-4-11(5-3-10)12-9-22-25-16(12)23-15(24)13-8-21-7-6-14(13)17(18,19)20/h2-9H,1H3,(H,23,24). The number of nitrogens with one attached hydrogen (secondary N) is 1. The van der Waals surface area contributed by atoms with E-state index in [4.69, 9.17) is 4.52 Å². The van der Waals surface area contributed by atoms with Gasteiger partial charge in [0, 0.05) is 12.4 Å². The molecule has 1 N–H and O–H groups in total. The van der Waals surface area contributed by atoms with Gasteiger partial charge in [-0.15, -0.1) is 0 Å². The summed E-state index contributed by atoms with van der Waals surface area (Å²) in [6.45, 7) is 1.92. The number of rotatable bonds is 3. The second kappa shape index (κ2) is 6.39. The molecular formula is C17H12F3N3O2. The monoisotopic (exact) mass is 347 g/mol. The Hall–Kier alpha value is -3.16. The first-order valence-electron chi connectivity index (χ1n) is 7.20. The summed E-state index contributed by atoms with van der Waals surface area (Å²) in [5.74, 6) is -1.02. The minimum Gasteiger partial charge on any atom is -0.338 e. The van der Waals surface area contributed by atoms with Crippen LogP contribution in [-0.2, 0) is 6.18 Å². The Morgan fingerprint density at radius 3 is 2.52 bits per heavy atom. The van der Waals surface area contributed by atoms with E-state index in [0.29, 0.717) is 11.1 Å². The summed E-state index contributed by atoms with van der Waals surface area (Å²) < 4.78 is 44.1. The van der Waals surface area contributed by atoms with Gasteiger partial charge in [0.25, 0.3) is 5.91 Å². The van der Waals surface area contributed by atoms with Crippen molar-refractivity contribution in [2.75, 3.05) is 5.32 Å². The Balaban J connectivity index is 1.91. The lowest BCUT2D eigenvalue weighted by molar-refractivity contribution is -0.138. The van der Waals surface area contributed by atoms with Crippen molar-refractivity contribution >= 4 is 11.8 Å². The smallest absolute Gasteiger partial charge is 0.338 e. The molecule has 0 atom stereocenters. The average molecular weight is 347 g/mol. The molecular weight excluding hydrogens is 335 g/mol. The summed E-state index contributed by atoms with van der Waals surface area (Å²) in [5, 5.41) is 5.94. The molecule has 2 aromatic heterocycles. The molecule has 0 radical (unpaired) electrons. The first-order chi connectivity index (χ1) is 11.9. The van der Waals surface area contributed by atoms with Gasteiger partial charge in [0.1, 0.15) is 0 Å². The number of anilines is 1. The predicted octanol–water partition coefficient (Wildman–Crippen LogP) is 4.32. The van der Waals surface area contributed by atoms with E-state index < -0.39 is 23.2 Å². The van der Waals surface area contributed by atoms with Crippen LogP contribution in [0, 0.1) is 6.92 Å². The van der Waals surface area contributed by atoms with Gasteiger partial charge < -0.3 is 4.52 Å². The van der Waals surface area contributed by atoms with Crippen LogP contribution in [0.3, 0.4) is 0 Å². The van der Waals surface area contributed by atoms with E-state index in [1.165, 1.54) is 6.20 Å². The lowest BCUT2D eigenvalue weighted by Gasteiger charge is -2.11.